The van der Waals surface area contributed by atoms with E-state index in [0.29, 0.717) is 24.1 Å². The minimum atomic E-state index is -0.837. The van der Waals surface area contributed by atoms with Crippen LogP contribution in [0.25, 0.3) is 0 Å². The van der Waals surface area contributed by atoms with Crippen molar-refractivity contribution >= 4 is 35.3 Å². The molecule has 1 N–H and O–H groups in total. The molecule has 0 spiro atoms. The molecule has 1 aromatic rings. The van der Waals surface area contributed by atoms with Crippen LogP contribution >= 0.6 is 0 Å². The molecule has 158 valence electrons. The maximum atomic E-state index is 12.3. The van der Waals surface area contributed by atoms with Crippen molar-refractivity contribution in [3.8, 4) is 0 Å². The first kappa shape index (κ1) is 21.2. The molecule has 0 radical (unpaired) electrons. The molecule has 2 aliphatic rings. The van der Waals surface area contributed by atoms with E-state index in [-0.39, 0.29) is 18.4 Å². The van der Waals surface area contributed by atoms with E-state index in [1.807, 2.05) is 12.2 Å². The summed E-state index contributed by atoms with van der Waals surface area (Å²) in [6.07, 6.45) is 4.69. The second-order valence-electron chi connectivity index (χ2n) is 6.93. The number of allylic oxidation sites excluding steroid dienone is 2. The van der Waals surface area contributed by atoms with Crippen LogP contribution in [0, 0.1) is 11.8 Å². The molecule has 1 aliphatic heterocycles. The number of fused-ring (bicyclic) bond motifs is 1. The molecule has 30 heavy (non-hydrogen) atoms. The fourth-order valence-electron chi connectivity index (χ4n) is 3.45. The Bertz CT molecular complexity index is 865. The summed E-state index contributed by atoms with van der Waals surface area (Å²) >= 11 is 0. The average molecular weight is 414 g/mol. The molecule has 9 heteroatoms. The van der Waals surface area contributed by atoms with Gasteiger partial charge >= 0.3 is 11.9 Å². The van der Waals surface area contributed by atoms with Gasteiger partial charge in [-0.2, -0.15) is 0 Å². The van der Waals surface area contributed by atoms with Crippen molar-refractivity contribution in [2.45, 2.75) is 19.8 Å². The maximum Gasteiger partial charge on any atom is 0.338 e. The molecule has 0 bridgehead atoms. The number of imide groups is 1. The molecule has 3 rings (SSSR count). The lowest BCUT2D eigenvalue weighted by atomic mass is 9.85. The normalized spacial score (nSPS) is 20.0. The lowest BCUT2D eigenvalue weighted by molar-refractivity contribution is -0.154. The van der Waals surface area contributed by atoms with E-state index in [1.165, 1.54) is 24.3 Å². The predicted octanol–water partition coefficient (Wildman–Crippen LogP) is 1.30. The Balaban J connectivity index is 1.46. The zero-order chi connectivity index (χ0) is 21.7. The Morgan fingerprint density at radius 1 is 1.00 bits per heavy atom. The van der Waals surface area contributed by atoms with Crippen LogP contribution in [0.5, 0.6) is 0 Å². The Morgan fingerprint density at radius 2 is 1.60 bits per heavy atom. The number of hydrogen-bond donors (Lipinski definition) is 1. The van der Waals surface area contributed by atoms with Crippen molar-refractivity contribution in [1.82, 2.24) is 4.90 Å². The minimum Gasteiger partial charge on any atom is -0.462 e. The lowest BCUT2D eigenvalue weighted by Crippen LogP contribution is -2.37. The van der Waals surface area contributed by atoms with Crippen molar-refractivity contribution in [3.63, 3.8) is 0 Å². The maximum absolute atomic E-state index is 12.3. The first-order chi connectivity index (χ1) is 14.4. The molecule has 1 saturated heterocycles. The molecular formula is C21H22N2O7. The first-order valence-corrected chi connectivity index (χ1v) is 9.63. The number of nitrogens with zero attached hydrogens (tertiary/aromatic N) is 1. The monoisotopic (exact) mass is 414 g/mol. The molecule has 1 heterocycles. The largest absolute Gasteiger partial charge is 0.462 e. The SMILES string of the molecule is CCOC(=O)c1ccc(NC(=O)COC(=O)CN2C(=O)[C@@H]3CC=CC[C@H]3C2=O)cc1. The summed E-state index contributed by atoms with van der Waals surface area (Å²) in [5.41, 5.74) is 0.752. The summed E-state index contributed by atoms with van der Waals surface area (Å²) in [5, 5.41) is 2.52. The van der Waals surface area contributed by atoms with Crippen LogP contribution in [0.3, 0.4) is 0 Å². The van der Waals surface area contributed by atoms with Crippen molar-refractivity contribution < 1.29 is 33.4 Å². The molecule has 0 unspecified atom stereocenters. The highest BCUT2D eigenvalue weighted by Crippen LogP contribution is 2.34. The molecule has 3 amide bonds. The van der Waals surface area contributed by atoms with E-state index >= 15 is 0 Å². The number of amides is 3. The highest BCUT2D eigenvalue weighted by atomic mass is 16.5. The first-order valence-electron chi connectivity index (χ1n) is 9.63. The van der Waals surface area contributed by atoms with Crippen molar-refractivity contribution in [3.05, 3.63) is 42.0 Å². The summed E-state index contributed by atoms with van der Waals surface area (Å²) in [6, 6.07) is 6.03. The zero-order valence-corrected chi connectivity index (χ0v) is 16.5. The van der Waals surface area contributed by atoms with Gasteiger partial charge in [0, 0.05) is 5.69 Å². The van der Waals surface area contributed by atoms with Gasteiger partial charge in [-0.1, -0.05) is 12.2 Å². The Morgan fingerprint density at radius 3 is 2.17 bits per heavy atom. The van der Waals surface area contributed by atoms with Gasteiger partial charge in [0.05, 0.1) is 24.0 Å². The van der Waals surface area contributed by atoms with Crippen LogP contribution in [0.4, 0.5) is 5.69 Å². The summed E-state index contributed by atoms with van der Waals surface area (Å²) in [6.45, 7) is 0.887. The molecule has 0 saturated carbocycles. The molecular weight excluding hydrogens is 392 g/mol. The third kappa shape index (κ3) is 4.73. The quantitative estimate of drug-likeness (QED) is 0.406. The number of likely N-dealkylation sites (tertiary alicyclic amines) is 1. The average Bonchev–Trinajstić information content (AvgIpc) is 2.98. The topological polar surface area (TPSA) is 119 Å². The van der Waals surface area contributed by atoms with Crippen molar-refractivity contribution in [2.24, 2.45) is 11.8 Å². The van der Waals surface area contributed by atoms with Crippen LogP contribution in [0.15, 0.2) is 36.4 Å². The van der Waals surface area contributed by atoms with Crippen LogP contribution in [-0.2, 0) is 28.7 Å². The Kier molecular flexibility index (Phi) is 6.61. The summed E-state index contributed by atoms with van der Waals surface area (Å²) in [4.78, 5) is 61.2. The summed E-state index contributed by atoms with van der Waals surface area (Å²) in [7, 11) is 0. The molecule has 0 aromatic heterocycles. The Hall–Kier alpha value is -3.49. The fourth-order valence-corrected chi connectivity index (χ4v) is 3.45. The van der Waals surface area contributed by atoms with Crippen LogP contribution in [0.1, 0.15) is 30.1 Å². The van der Waals surface area contributed by atoms with Gasteiger partial charge in [-0.05, 0) is 44.0 Å². The summed E-state index contributed by atoms with van der Waals surface area (Å²) in [5.74, 6) is -3.49. The minimum absolute atomic E-state index is 0.259. The smallest absolute Gasteiger partial charge is 0.338 e. The molecule has 1 aliphatic carbocycles. The second-order valence-corrected chi connectivity index (χ2v) is 6.93. The predicted molar refractivity (Wildman–Crippen MR) is 104 cm³/mol. The van der Waals surface area contributed by atoms with Crippen molar-refractivity contribution in [1.29, 1.82) is 0 Å². The van der Waals surface area contributed by atoms with Gasteiger partial charge in [-0.3, -0.25) is 24.1 Å². The van der Waals surface area contributed by atoms with E-state index < -0.39 is 42.8 Å². The number of benzene rings is 1. The van der Waals surface area contributed by atoms with Gasteiger partial charge in [0.25, 0.3) is 5.91 Å². The number of carbonyl (C=O) groups excluding carboxylic acids is 5. The number of rotatable bonds is 7. The van der Waals surface area contributed by atoms with Gasteiger partial charge < -0.3 is 14.8 Å². The molecule has 2 atom stereocenters. The standard InChI is InChI=1S/C21H22N2O7/c1-2-29-21(28)13-7-9-14(10-8-13)22-17(24)12-30-18(25)11-23-19(26)15-5-3-4-6-16(15)20(23)27/h3-4,7-10,15-16H,2,5-6,11-12H2,1H3,(H,22,24)/t15-,16-/m1/s1. The Labute approximate surface area is 173 Å². The number of carbonyl (C=O) groups is 5. The number of ether oxygens (including phenoxy) is 2. The van der Waals surface area contributed by atoms with E-state index in [0.717, 1.165) is 4.90 Å². The third-order valence-corrected chi connectivity index (χ3v) is 4.93. The number of nitrogens with one attached hydrogen (secondary N) is 1. The van der Waals surface area contributed by atoms with E-state index in [1.54, 1.807) is 6.92 Å². The number of anilines is 1. The molecule has 9 nitrogen and oxygen atoms in total. The van der Waals surface area contributed by atoms with E-state index in [2.05, 4.69) is 5.32 Å². The third-order valence-electron chi connectivity index (χ3n) is 4.93. The van der Waals surface area contributed by atoms with Gasteiger partial charge in [0.15, 0.2) is 6.61 Å². The van der Waals surface area contributed by atoms with Crippen LogP contribution in [-0.4, -0.2) is 54.3 Å². The summed E-state index contributed by atoms with van der Waals surface area (Å²) < 4.78 is 9.77. The number of hydrogen-bond acceptors (Lipinski definition) is 7. The van der Waals surface area contributed by atoms with Crippen LogP contribution < -0.4 is 5.32 Å². The fraction of sp³-hybridized carbons (Fsp3) is 0.381. The van der Waals surface area contributed by atoms with E-state index in [4.69, 9.17) is 9.47 Å². The lowest BCUT2D eigenvalue weighted by Gasteiger charge is -2.14. The van der Waals surface area contributed by atoms with Gasteiger partial charge in [0.2, 0.25) is 11.8 Å². The second kappa shape index (κ2) is 9.34. The van der Waals surface area contributed by atoms with Crippen LogP contribution in [0.2, 0.25) is 0 Å². The van der Waals surface area contributed by atoms with Gasteiger partial charge in [-0.15, -0.1) is 0 Å². The number of esters is 2. The van der Waals surface area contributed by atoms with E-state index in [9.17, 15) is 24.0 Å². The highest BCUT2D eigenvalue weighted by Gasteiger charge is 2.47. The molecule has 1 aromatic carbocycles. The van der Waals surface area contributed by atoms with Gasteiger partial charge in [0.1, 0.15) is 6.54 Å². The van der Waals surface area contributed by atoms with Gasteiger partial charge in [-0.25, -0.2) is 4.79 Å². The zero-order valence-electron chi connectivity index (χ0n) is 16.5. The highest BCUT2D eigenvalue weighted by molar-refractivity contribution is 6.07. The van der Waals surface area contributed by atoms with Crippen molar-refractivity contribution in [2.75, 3.05) is 25.1 Å². The molecule has 1 fully saturated rings.